The third-order valence-electron chi connectivity index (χ3n) is 4.05. The van der Waals surface area contributed by atoms with Crippen molar-refractivity contribution in [2.75, 3.05) is 0 Å². The molecule has 0 aromatic rings. The van der Waals surface area contributed by atoms with E-state index in [2.05, 4.69) is 36.6 Å². The molecule has 0 saturated carbocycles. The summed E-state index contributed by atoms with van der Waals surface area (Å²) in [4.78, 5) is 12.0. The summed E-state index contributed by atoms with van der Waals surface area (Å²) in [5.74, 6) is -0.240. The smallest absolute Gasteiger partial charge is 0.333 e. The van der Waals surface area contributed by atoms with E-state index in [1.165, 1.54) is 25.7 Å². The Labute approximate surface area is 146 Å². The molecule has 132 valence electrons. The van der Waals surface area contributed by atoms with Gasteiger partial charge in [-0.25, -0.2) is 4.79 Å². The van der Waals surface area contributed by atoms with E-state index in [9.17, 15) is 4.79 Å². The summed E-state index contributed by atoms with van der Waals surface area (Å²) in [7, 11) is 3.04. The normalized spacial score (nSPS) is 12.4. The minimum absolute atomic E-state index is 0. The van der Waals surface area contributed by atoms with Crippen molar-refractivity contribution in [1.29, 1.82) is 0 Å². The van der Waals surface area contributed by atoms with E-state index in [1.807, 2.05) is 0 Å². The van der Waals surface area contributed by atoms with E-state index in [1.54, 1.807) is 6.92 Å². The number of hydrogen-bond acceptors (Lipinski definition) is 2. The van der Waals surface area contributed by atoms with Gasteiger partial charge in [-0.3, -0.25) is 0 Å². The molecule has 22 heavy (non-hydrogen) atoms. The number of rotatable bonds is 12. The highest BCUT2D eigenvalue weighted by Gasteiger charge is 2.35. The maximum Gasteiger partial charge on any atom is 0.333 e. The van der Waals surface area contributed by atoms with E-state index in [0.29, 0.717) is 5.57 Å². The van der Waals surface area contributed by atoms with Gasteiger partial charge < -0.3 is 4.74 Å². The number of carbonyl (C=O) groups excluding carboxylic acids is 1. The Morgan fingerprint density at radius 1 is 1.09 bits per heavy atom. The van der Waals surface area contributed by atoms with Crippen LogP contribution in [0.25, 0.3) is 0 Å². The number of carbonyl (C=O) groups is 1. The molecule has 2 atom stereocenters. The predicted octanol–water partition coefficient (Wildman–Crippen LogP) is 6.08. The summed E-state index contributed by atoms with van der Waals surface area (Å²) in [5.41, 5.74) is 0.495. The first kappa shape index (κ1) is 24.2. The molecule has 0 aliphatic carbocycles. The molecule has 0 radical (unpaired) electrons. The zero-order valence-electron chi connectivity index (χ0n) is 15.0. The van der Waals surface area contributed by atoms with Crippen LogP contribution in [0.15, 0.2) is 12.2 Å². The summed E-state index contributed by atoms with van der Waals surface area (Å²) in [6, 6.07) is 0. The molecule has 0 spiro atoms. The van der Waals surface area contributed by atoms with Crippen molar-refractivity contribution >= 4 is 27.6 Å². The number of halogens is 1. The fourth-order valence-electron chi connectivity index (χ4n) is 2.54. The van der Waals surface area contributed by atoms with Crippen molar-refractivity contribution in [2.45, 2.75) is 96.7 Å². The molecule has 2 unspecified atom stereocenters. The van der Waals surface area contributed by atoms with Gasteiger partial charge in [-0.15, -0.1) is 21.6 Å². The first-order chi connectivity index (χ1) is 9.91. The van der Waals surface area contributed by atoms with E-state index < -0.39 is 0 Å². The van der Waals surface area contributed by atoms with Crippen LogP contribution in [0.1, 0.15) is 85.5 Å². The quantitative estimate of drug-likeness (QED) is 0.242. The second-order valence-electron chi connectivity index (χ2n) is 6.26. The van der Waals surface area contributed by atoms with Crippen LogP contribution in [0.4, 0.5) is 0 Å². The molecule has 0 amide bonds. The Morgan fingerprint density at radius 2 is 1.55 bits per heavy atom. The molecular weight excluding hydrogens is 315 g/mol. The number of ether oxygens (including phenoxy) is 1. The van der Waals surface area contributed by atoms with Crippen LogP contribution in [-0.2, 0) is 9.53 Å². The van der Waals surface area contributed by atoms with Gasteiger partial charge in [0.2, 0.25) is 0 Å². The van der Waals surface area contributed by atoms with Crippen molar-refractivity contribution in [3.05, 3.63) is 12.2 Å². The van der Waals surface area contributed by atoms with Crippen molar-refractivity contribution in [2.24, 2.45) is 0 Å². The van der Waals surface area contributed by atoms with Crippen molar-refractivity contribution < 1.29 is 9.53 Å². The number of unbranched alkanes of at least 4 members (excludes halogenated alkanes) is 3. The lowest BCUT2D eigenvalue weighted by atomic mass is 9.86. The van der Waals surface area contributed by atoms with Crippen LogP contribution in [0, 0.1) is 0 Å². The zero-order valence-corrected chi connectivity index (χ0v) is 16.9. The minimum atomic E-state index is -0.240. The molecule has 0 saturated heterocycles. The van der Waals surface area contributed by atoms with Gasteiger partial charge in [-0.05, 0) is 26.2 Å². The first-order valence-corrected chi connectivity index (χ1v) is 9.14. The molecule has 4 heteroatoms. The van der Waals surface area contributed by atoms with Gasteiger partial charge in [0.05, 0.1) is 0 Å². The SMILES string of the molecule is C=C(C)C(=O)OC(CCCC)C(P)(CCCC)CCCC.Cl. The topological polar surface area (TPSA) is 26.3 Å². The first-order valence-electron chi connectivity index (χ1n) is 8.56. The second kappa shape index (κ2) is 13.4. The molecule has 0 N–H and O–H groups in total. The van der Waals surface area contributed by atoms with E-state index in [4.69, 9.17) is 4.74 Å². The number of esters is 1. The zero-order chi connectivity index (χ0) is 16.3. The van der Waals surface area contributed by atoms with Crippen LogP contribution < -0.4 is 0 Å². The van der Waals surface area contributed by atoms with Gasteiger partial charge in [0, 0.05) is 10.7 Å². The fourth-order valence-corrected chi connectivity index (χ4v) is 3.18. The summed E-state index contributed by atoms with van der Waals surface area (Å²) in [5, 5.41) is 0.0201. The Bertz CT molecular complexity index is 310. The van der Waals surface area contributed by atoms with Crippen LogP contribution in [0.5, 0.6) is 0 Å². The average molecular weight is 351 g/mol. The molecule has 0 aromatic carbocycles. The lowest BCUT2D eigenvalue weighted by molar-refractivity contribution is -0.146. The third kappa shape index (κ3) is 9.16. The van der Waals surface area contributed by atoms with Crippen molar-refractivity contribution in [1.82, 2.24) is 0 Å². The summed E-state index contributed by atoms with van der Waals surface area (Å²) >= 11 is 0. The lowest BCUT2D eigenvalue weighted by Gasteiger charge is -2.37. The van der Waals surface area contributed by atoms with E-state index in [0.717, 1.165) is 32.1 Å². The summed E-state index contributed by atoms with van der Waals surface area (Å²) in [6.07, 6.45) is 10.1. The highest BCUT2D eigenvalue weighted by molar-refractivity contribution is 7.19. The second-order valence-corrected chi connectivity index (χ2v) is 7.41. The Balaban J connectivity index is 0. The Hall–Kier alpha value is -0.0700. The van der Waals surface area contributed by atoms with Crippen LogP contribution in [0.2, 0.25) is 0 Å². The summed E-state index contributed by atoms with van der Waals surface area (Å²) in [6.45, 7) is 12.0. The van der Waals surface area contributed by atoms with Gasteiger partial charge in [0.15, 0.2) is 0 Å². The predicted molar refractivity (Wildman–Crippen MR) is 103 cm³/mol. The maximum atomic E-state index is 12.0. The Morgan fingerprint density at radius 3 is 1.91 bits per heavy atom. The van der Waals surface area contributed by atoms with Crippen LogP contribution >= 0.6 is 21.6 Å². The summed E-state index contributed by atoms with van der Waals surface area (Å²) < 4.78 is 5.81. The molecule has 0 aliphatic rings. The highest BCUT2D eigenvalue weighted by atomic mass is 35.5. The molecule has 0 fully saturated rings. The lowest BCUT2D eigenvalue weighted by Crippen LogP contribution is -2.40. The van der Waals surface area contributed by atoms with Gasteiger partial charge in [0.25, 0.3) is 0 Å². The average Bonchev–Trinajstić information content (AvgIpc) is 2.46. The van der Waals surface area contributed by atoms with Crippen LogP contribution in [-0.4, -0.2) is 17.2 Å². The van der Waals surface area contributed by atoms with E-state index in [-0.39, 0.29) is 29.6 Å². The van der Waals surface area contributed by atoms with Crippen molar-refractivity contribution in [3.63, 3.8) is 0 Å². The Kier molecular flexibility index (Phi) is 14.7. The minimum Gasteiger partial charge on any atom is -0.458 e. The van der Waals surface area contributed by atoms with Crippen molar-refractivity contribution in [3.8, 4) is 0 Å². The van der Waals surface area contributed by atoms with Gasteiger partial charge >= 0.3 is 5.97 Å². The molecule has 0 aromatic heterocycles. The third-order valence-corrected chi connectivity index (χ3v) is 5.00. The maximum absolute atomic E-state index is 12.0. The molecule has 0 bridgehead atoms. The highest BCUT2D eigenvalue weighted by Crippen LogP contribution is 2.38. The van der Waals surface area contributed by atoms with E-state index >= 15 is 0 Å². The number of hydrogen-bond donors (Lipinski definition) is 0. The molecule has 2 nitrogen and oxygen atoms in total. The monoisotopic (exact) mass is 350 g/mol. The largest absolute Gasteiger partial charge is 0.458 e. The molecular formula is C18H36ClO2P. The fraction of sp³-hybridized carbons (Fsp3) is 0.833. The van der Waals surface area contributed by atoms with Gasteiger partial charge in [0.1, 0.15) is 6.10 Å². The van der Waals surface area contributed by atoms with Gasteiger partial charge in [-0.2, -0.15) is 0 Å². The van der Waals surface area contributed by atoms with Gasteiger partial charge in [-0.1, -0.05) is 65.9 Å². The molecule has 0 heterocycles. The molecule has 0 rings (SSSR count). The van der Waals surface area contributed by atoms with Crippen LogP contribution in [0.3, 0.4) is 0 Å². The molecule has 0 aliphatic heterocycles. The standard InChI is InChI=1S/C18H35O2P.ClH/c1-6-9-12-16(20-17(19)15(4)5)18(21,13-10-7-2)14-11-8-3;/h16H,4,6-14,21H2,1-3,5H3;1H.